The van der Waals surface area contributed by atoms with E-state index in [0.717, 1.165) is 22.4 Å². The molecule has 148 valence electrons. The molecule has 0 spiro atoms. The molecule has 0 bridgehead atoms. The van der Waals surface area contributed by atoms with Gasteiger partial charge in [0.15, 0.2) is 0 Å². The van der Waals surface area contributed by atoms with Gasteiger partial charge in [-0.1, -0.05) is 30.3 Å². The van der Waals surface area contributed by atoms with Gasteiger partial charge in [0.1, 0.15) is 17.4 Å². The van der Waals surface area contributed by atoms with E-state index >= 15 is 0 Å². The summed E-state index contributed by atoms with van der Waals surface area (Å²) in [4.78, 5) is 14.7. The number of aryl methyl sites for hydroxylation is 1. The normalized spacial score (nSPS) is 18.5. The number of para-hydroxylation sites is 1. The van der Waals surface area contributed by atoms with E-state index < -0.39 is 12.4 Å². The van der Waals surface area contributed by atoms with Gasteiger partial charge < -0.3 is 14.9 Å². The zero-order chi connectivity index (χ0) is 20.4. The Morgan fingerprint density at radius 2 is 1.93 bits per heavy atom. The highest BCUT2D eigenvalue weighted by Gasteiger charge is 2.48. The van der Waals surface area contributed by atoms with E-state index in [9.17, 15) is 14.4 Å². The van der Waals surface area contributed by atoms with Crippen molar-refractivity contribution in [1.82, 2.24) is 15.4 Å². The first-order valence-corrected chi connectivity index (χ1v) is 9.39. The Morgan fingerprint density at radius 3 is 2.66 bits per heavy atom. The first kappa shape index (κ1) is 19.5. The van der Waals surface area contributed by atoms with Crippen LogP contribution >= 0.6 is 0 Å². The Labute approximate surface area is 168 Å². The fourth-order valence-corrected chi connectivity index (χ4v) is 3.58. The van der Waals surface area contributed by atoms with E-state index in [1.165, 1.54) is 12.1 Å². The van der Waals surface area contributed by atoms with Crippen molar-refractivity contribution in [2.75, 3.05) is 6.54 Å². The molecule has 0 amide bonds. The molecule has 0 fully saturated rings. The lowest BCUT2D eigenvalue weighted by molar-refractivity contribution is 0.180. The van der Waals surface area contributed by atoms with Gasteiger partial charge in [0.25, 0.3) is 0 Å². The molecule has 4 rings (SSSR count). The smallest absolute Gasteiger partial charge is 0.426 e. The van der Waals surface area contributed by atoms with Crippen LogP contribution in [0.25, 0.3) is 0 Å². The maximum atomic E-state index is 13.1. The van der Waals surface area contributed by atoms with Crippen LogP contribution in [0, 0.1) is 12.7 Å². The minimum atomic E-state index is -1.69. The van der Waals surface area contributed by atoms with Crippen LogP contribution in [-0.2, 0) is 18.2 Å². The Balaban J connectivity index is 1.68. The van der Waals surface area contributed by atoms with Crippen LogP contribution in [0.2, 0.25) is 0 Å². The van der Waals surface area contributed by atoms with E-state index in [4.69, 9.17) is 4.84 Å². The van der Waals surface area contributed by atoms with Crippen molar-refractivity contribution in [1.29, 1.82) is 0 Å². The third-order valence-corrected chi connectivity index (χ3v) is 5.38. The first-order valence-electron chi connectivity index (χ1n) is 9.39. The van der Waals surface area contributed by atoms with Gasteiger partial charge in [0.05, 0.1) is 5.31 Å². The van der Waals surface area contributed by atoms with E-state index in [0.29, 0.717) is 24.4 Å². The number of aromatic nitrogens is 2. The number of nitrogens with zero attached hydrogens (tertiary/aromatic N) is 2. The van der Waals surface area contributed by atoms with Crippen molar-refractivity contribution in [3.63, 3.8) is 0 Å². The highest BCUT2D eigenvalue weighted by atomic mass is 19.1. The second-order valence-corrected chi connectivity index (χ2v) is 7.34. The summed E-state index contributed by atoms with van der Waals surface area (Å²) in [5.41, 5.74) is 6.22. The second-order valence-electron chi connectivity index (χ2n) is 7.34. The van der Waals surface area contributed by atoms with Gasteiger partial charge in [0.2, 0.25) is 0 Å². The highest BCUT2D eigenvalue weighted by Crippen LogP contribution is 2.33. The SMILES string of the molecule is Cc1nc(C2(B(O)O)CNOc3ccccc3C2)ncc1Cc1ccc(F)cc1. The summed E-state index contributed by atoms with van der Waals surface area (Å²) in [7, 11) is -1.69. The van der Waals surface area contributed by atoms with Gasteiger partial charge in [-0.25, -0.2) is 14.4 Å². The molecule has 2 aromatic carbocycles. The van der Waals surface area contributed by atoms with Crippen molar-refractivity contribution in [2.45, 2.75) is 25.1 Å². The van der Waals surface area contributed by atoms with Crippen LogP contribution in [0.3, 0.4) is 0 Å². The summed E-state index contributed by atoms with van der Waals surface area (Å²) in [6.07, 6.45) is 2.57. The summed E-state index contributed by atoms with van der Waals surface area (Å²) >= 11 is 0. The standard InChI is InChI=1S/C21H21BFN3O3/c1-14-17(10-15-6-8-18(23)9-7-15)12-24-20(26-14)21(22(27)28)11-16-4-2-3-5-19(16)29-25-13-21/h2-9,12,25,27-28H,10-11,13H2,1H3. The van der Waals surface area contributed by atoms with Crippen LogP contribution < -0.4 is 10.3 Å². The van der Waals surface area contributed by atoms with Crippen LogP contribution in [0.15, 0.2) is 54.7 Å². The minimum absolute atomic E-state index is 0.135. The van der Waals surface area contributed by atoms with Crippen LogP contribution in [0.5, 0.6) is 5.75 Å². The minimum Gasteiger partial charge on any atom is -0.426 e. The molecule has 1 aliphatic heterocycles. The first-order chi connectivity index (χ1) is 14.0. The van der Waals surface area contributed by atoms with E-state index in [1.54, 1.807) is 18.3 Å². The second kappa shape index (κ2) is 7.90. The van der Waals surface area contributed by atoms with Crippen molar-refractivity contribution >= 4 is 7.12 Å². The summed E-state index contributed by atoms with van der Waals surface area (Å²) < 4.78 is 13.1. The van der Waals surface area contributed by atoms with Crippen molar-refractivity contribution in [2.24, 2.45) is 0 Å². The molecule has 1 atom stereocenters. The predicted octanol–water partition coefficient (Wildman–Crippen LogP) is 1.90. The summed E-state index contributed by atoms with van der Waals surface area (Å²) in [6, 6.07) is 13.7. The van der Waals surface area contributed by atoms with Gasteiger partial charge in [-0.15, -0.1) is 0 Å². The van der Waals surface area contributed by atoms with E-state index in [2.05, 4.69) is 15.4 Å². The molecule has 0 aliphatic carbocycles. The Kier molecular flexibility index (Phi) is 5.32. The molecule has 0 saturated carbocycles. The molecule has 1 aromatic heterocycles. The Hall–Kier alpha value is -2.81. The van der Waals surface area contributed by atoms with Crippen LogP contribution in [-0.4, -0.2) is 33.7 Å². The number of nitrogens with one attached hydrogen (secondary N) is 1. The number of hydrogen-bond donors (Lipinski definition) is 3. The fraction of sp³-hybridized carbons (Fsp3) is 0.238. The molecule has 6 nitrogen and oxygen atoms in total. The quantitative estimate of drug-likeness (QED) is 0.587. The Morgan fingerprint density at radius 1 is 1.17 bits per heavy atom. The summed E-state index contributed by atoms with van der Waals surface area (Å²) in [6.45, 7) is 1.99. The van der Waals surface area contributed by atoms with Crippen LogP contribution in [0.1, 0.15) is 28.2 Å². The topological polar surface area (TPSA) is 87.5 Å². The van der Waals surface area contributed by atoms with Gasteiger partial charge in [0, 0.05) is 24.9 Å². The molecule has 3 aromatic rings. The number of hydroxylamine groups is 1. The molecular formula is C21H21BFN3O3. The lowest BCUT2D eigenvalue weighted by atomic mass is 9.54. The fourth-order valence-electron chi connectivity index (χ4n) is 3.58. The lowest BCUT2D eigenvalue weighted by Crippen LogP contribution is -2.53. The number of halogens is 1. The molecule has 2 heterocycles. The number of hydrogen-bond acceptors (Lipinski definition) is 6. The maximum Gasteiger partial charge on any atom is 0.467 e. The van der Waals surface area contributed by atoms with Crippen molar-refractivity contribution in [3.05, 3.63) is 88.8 Å². The van der Waals surface area contributed by atoms with Gasteiger partial charge in [-0.2, -0.15) is 5.48 Å². The number of benzene rings is 2. The molecule has 8 heteroatoms. The monoisotopic (exact) mass is 393 g/mol. The third-order valence-electron chi connectivity index (χ3n) is 5.38. The molecule has 1 unspecified atom stereocenters. The van der Waals surface area contributed by atoms with Gasteiger partial charge in [-0.05, 0) is 48.2 Å². The third kappa shape index (κ3) is 3.87. The lowest BCUT2D eigenvalue weighted by Gasteiger charge is -2.29. The highest BCUT2D eigenvalue weighted by molar-refractivity contribution is 6.45. The van der Waals surface area contributed by atoms with E-state index in [-0.39, 0.29) is 12.4 Å². The van der Waals surface area contributed by atoms with Crippen molar-refractivity contribution in [3.8, 4) is 5.75 Å². The van der Waals surface area contributed by atoms with E-state index in [1.807, 2.05) is 31.2 Å². The average Bonchev–Trinajstić information content (AvgIpc) is 2.91. The average molecular weight is 393 g/mol. The molecule has 1 aliphatic rings. The zero-order valence-corrected chi connectivity index (χ0v) is 16.0. The molecule has 29 heavy (non-hydrogen) atoms. The molecule has 0 saturated heterocycles. The number of fused-ring (bicyclic) bond motifs is 1. The largest absolute Gasteiger partial charge is 0.467 e. The predicted molar refractivity (Wildman–Crippen MR) is 107 cm³/mol. The zero-order valence-electron chi connectivity index (χ0n) is 16.0. The van der Waals surface area contributed by atoms with Crippen molar-refractivity contribution < 1.29 is 19.3 Å². The summed E-state index contributed by atoms with van der Waals surface area (Å²) in [5, 5.41) is 19.4. The Bertz CT molecular complexity index is 1020. The molecule has 3 N–H and O–H groups in total. The van der Waals surface area contributed by atoms with Gasteiger partial charge in [-0.3, -0.25) is 0 Å². The molecular weight excluding hydrogens is 372 g/mol. The number of rotatable bonds is 4. The molecule has 0 radical (unpaired) electrons. The maximum absolute atomic E-state index is 13.1. The summed E-state index contributed by atoms with van der Waals surface area (Å²) in [5.74, 6) is 0.694. The van der Waals surface area contributed by atoms with Crippen LogP contribution in [0.4, 0.5) is 4.39 Å². The van der Waals surface area contributed by atoms with Gasteiger partial charge >= 0.3 is 7.12 Å².